The minimum atomic E-state index is 0.194. The Hall–Kier alpha value is -0.481. The quantitative estimate of drug-likeness (QED) is 0.478. The van der Waals surface area contributed by atoms with Crippen LogP contribution in [0, 0.1) is 0 Å². The van der Waals surface area contributed by atoms with E-state index in [4.69, 9.17) is 20.2 Å². The van der Waals surface area contributed by atoms with Crippen molar-refractivity contribution < 1.29 is 13.1 Å². The van der Waals surface area contributed by atoms with E-state index >= 15 is 0 Å². The zero-order valence-electron chi connectivity index (χ0n) is 11.6. The summed E-state index contributed by atoms with van der Waals surface area (Å²) in [6.45, 7) is 0.767. The van der Waals surface area contributed by atoms with E-state index in [0.717, 1.165) is 24.6 Å². The van der Waals surface area contributed by atoms with Crippen LogP contribution in [0.15, 0.2) is 29.4 Å². The summed E-state index contributed by atoms with van der Waals surface area (Å²) in [7, 11) is 17.5. The predicted molar refractivity (Wildman–Crippen MR) is 79.3 cm³/mol. The Balaban J connectivity index is 0.000000982. The van der Waals surface area contributed by atoms with Gasteiger partial charge in [-0.3, -0.25) is 9.98 Å². The zero-order chi connectivity index (χ0) is 14.7. The molecule has 0 atom stereocenters. The Bertz CT molecular complexity index is 348. The van der Waals surface area contributed by atoms with Gasteiger partial charge in [-0.25, -0.2) is 0 Å². The molecule has 0 bridgehead atoms. The molecule has 0 spiro atoms. The Kier molecular flexibility index (Phi) is 11.1. The molecule has 0 fully saturated rings. The molecule has 0 saturated carbocycles. The first kappa shape index (κ1) is 18.5. The molecule has 0 aliphatic heterocycles. The van der Waals surface area contributed by atoms with E-state index in [1.165, 1.54) is 0 Å². The van der Waals surface area contributed by atoms with Crippen molar-refractivity contribution in [2.45, 2.75) is 6.42 Å². The van der Waals surface area contributed by atoms with Crippen molar-refractivity contribution in [3.8, 4) is 0 Å². The average molecular weight is 347 g/mol. The van der Waals surface area contributed by atoms with E-state index in [2.05, 4.69) is 9.98 Å². The van der Waals surface area contributed by atoms with Gasteiger partial charge in [0.2, 0.25) is 0 Å². The van der Waals surface area contributed by atoms with Crippen LogP contribution in [0.25, 0.3) is 0 Å². The van der Waals surface area contributed by atoms with E-state index in [0.29, 0.717) is 0 Å². The van der Waals surface area contributed by atoms with Crippen LogP contribution in [0.4, 0.5) is 0 Å². The summed E-state index contributed by atoms with van der Waals surface area (Å²) in [6, 6.07) is 5.96. The molecule has 1 aromatic rings. The molecular weight excluding hydrogens is 327 g/mol. The Morgan fingerprint density at radius 2 is 1.79 bits per heavy atom. The van der Waals surface area contributed by atoms with Gasteiger partial charge in [-0.15, -0.1) is 0 Å². The molecule has 0 saturated heterocycles. The number of aromatic nitrogens is 1. The normalized spacial score (nSPS) is 9.37. The van der Waals surface area contributed by atoms with E-state index in [-0.39, 0.29) is 13.1 Å². The van der Waals surface area contributed by atoms with E-state index in [1.807, 2.05) is 62.4 Å². The second-order valence-electron chi connectivity index (χ2n) is 4.09. The number of guanidine groups is 1. The van der Waals surface area contributed by atoms with Gasteiger partial charge in [-0.1, -0.05) is 6.07 Å². The van der Waals surface area contributed by atoms with Crippen LogP contribution in [0.2, 0.25) is 0 Å². The van der Waals surface area contributed by atoms with Crippen LogP contribution < -0.4 is 0 Å². The monoisotopic (exact) mass is 346 g/mol. The third-order valence-electron chi connectivity index (χ3n) is 2.15. The average Bonchev–Trinajstić information content (AvgIpc) is 2.36. The van der Waals surface area contributed by atoms with Gasteiger partial charge < -0.3 is 9.80 Å². The number of rotatable bonds is 3. The van der Waals surface area contributed by atoms with Gasteiger partial charge in [0, 0.05) is 53.0 Å². The molecule has 0 unspecified atom stereocenters. The second kappa shape index (κ2) is 11.4. The SMILES string of the molecule is CN(C)C(=NCCc1ccccn1)N(C)C.[Cl][Fe][Cl]. The summed E-state index contributed by atoms with van der Waals surface area (Å²) < 4.78 is 0. The summed E-state index contributed by atoms with van der Waals surface area (Å²) >= 11 is 0.194. The maximum absolute atomic E-state index is 4.76. The van der Waals surface area contributed by atoms with Crippen LogP contribution in [0.3, 0.4) is 0 Å². The Morgan fingerprint density at radius 1 is 1.21 bits per heavy atom. The van der Waals surface area contributed by atoms with Gasteiger partial charge in [0.05, 0.1) is 0 Å². The van der Waals surface area contributed by atoms with E-state index in [9.17, 15) is 0 Å². The van der Waals surface area contributed by atoms with E-state index in [1.54, 1.807) is 0 Å². The molecule has 0 N–H and O–H groups in total. The summed E-state index contributed by atoms with van der Waals surface area (Å²) in [5.41, 5.74) is 1.09. The number of halogens is 2. The first-order chi connectivity index (χ1) is 9.02. The number of nitrogens with zero attached hydrogens (tertiary/aromatic N) is 4. The van der Waals surface area contributed by atoms with Crippen molar-refractivity contribution in [1.29, 1.82) is 0 Å². The van der Waals surface area contributed by atoms with Crippen molar-refractivity contribution >= 4 is 26.2 Å². The number of hydrogen-bond acceptors (Lipinski definition) is 2. The van der Waals surface area contributed by atoms with Crippen LogP contribution in [0.5, 0.6) is 0 Å². The Morgan fingerprint density at radius 3 is 2.21 bits per heavy atom. The molecule has 0 aliphatic rings. The summed E-state index contributed by atoms with van der Waals surface area (Å²) in [4.78, 5) is 12.8. The van der Waals surface area contributed by atoms with Crippen LogP contribution in [0.1, 0.15) is 5.69 Å². The molecular formula is C12H20Cl2FeN4. The third-order valence-corrected chi connectivity index (χ3v) is 2.15. The molecule has 0 amide bonds. The topological polar surface area (TPSA) is 31.7 Å². The van der Waals surface area contributed by atoms with Crippen molar-refractivity contribution in [2.75, 3.05) is 34.7 Å². The molecule has 0 aromatic carbocycles. The fourth-order valence-corrected chi connectivity index (χ4v) is 1.50. The fourth-order valence-electron chi connectivity index (χ4n) is 1.50. The van der Waals surface area contributed by atoms with Gasteiger partial charge in [0.15, 0.2) is 5.96 Å². The summed E-state index contributed by atoms with van der Waals surface area (Å²) in [6.07, 6.45) is 2.70. The number of pyridine rings is 1. The van der Waals surface area contributed by atoms with Gasteiger partial charge in [-0.2, -0.15) is 0 Å². The van der Waals surface area contributed by atoms with E-state index < -0.39 is 0 Å². The number of hydrogen-bond donors (Lipinski definition) is 0. The molecule has 0 aliphatic carbocycles. The van der Waals surface area contributed by atoms with Crippen molar-refractivity contribution in [1.82, 2.24) is 14.8 Å². The van der Waals surface area contributed by atoms with Gasteiger partial charge >= 0.3 is 33.3 Å². The molecule has 1 rings (SSSR count). The van der Waals surface area contributed by atoms with Gasteiger partial charge in [0.25, 0.3) is 0 Å². The van der Waals surface area contributed by atoms with Crippen LogP contribution >= 0.6 is 20.2 Å². The fraction of sp³-hybridized carbons (Fsp3) is 0.500. The summed E-state index contributed by atoms with van der Waals surface area (Å²) in [5, 5.41) is 0. The first-order valence-electron chi connectivity index (χ1n) is 5.67. The van der Waals surface area contributed by atoms with Crippen molar-refractivity contribution in [3.05, 3.63) is 30.1 Å². The Labute approximate surface area is 130 Å². The third kappa shape index (κ3) is 9.11. The van der Waals surface area contributed by atoms with Crippen LogP contribution in [-0.2, 0) is 19.6 Å². The number of aliphatic imine (C=N–C) groups is 1. The first-order valence-corrected chi connectivity index (χ1v) is 8.71. The molecule has 0 radical (unpaired) electrons. The molecule has 4 nitrogen and oxygen atoms in total. The second-order valence-corrected chi connectivity index (χ2v) is 5.92. The molecule has 1 heterocycles. The van der Waals surface area contributed by atoms with Crippen molar-refractivity contribution in [3.63, 3.8) is 0 Å². The molecule has 7 heteroatoms. The molecule has 19 heavy (non-hydrogen) atoms. The zero-order valence-corrected chi connectivity index (χ0v) is 14.2. The molecule has 110 valence electrons. The standard InChI is InChI=1S/C12H20N4.2ClH.Fe/c1-15(2)12(16(3)4)14-10-8-11-7-5-6-9-13-11;;;/h5-7,9H,8,10H2,1-4H3;2*1H;/q;;;+2/p-2. The van der Waals surface area contributed by atoms with Gasteiger partial charge in [0.1, 0.15) is 0 Å². The van der Waals surface area contributed by atoms with Gasteiger partial charge in [-0.05, 0) is 12.1 Å². The summed E-state index contributed by atoms with van der Waals surface area (Å²) in [5.74, 6) is 0.982. The van der Waals surface area contributed by atoms with Crippen molar-refractivity contribution in [2.24, 2.45) is 4.99 Å². The predicted octanol–water partition coefficient (Wildman–Crippen LogP) is 2.48. The van der Waals surface area contributed by atoms with Crippen LogP contribution in [-0.4, -0.2) is 55.5 Å². The maximum atomic E-state index is 4.76. The minimum absolute atomic E-state index is 0.194. The molecule has 1 aromatic heterocycles.